The van der Waals surface area contributed by atoms with Gasteiger partial charge in [-0.25, -0.2) is 14.2 Å². The first-order valence-electron chi connectivity index (χ1n) is 10.0. The van der Waals surface area contributed by atoms with E-state index in [1.807, 2.05) is 23.6 Å². The van der Waals surface area contributed by atoms with Crippen LogP contribution in [-0.2, 0) is 17.8 Å². The number of hydrogen-bond acceptors (Lipinski definition) is 6. The maximum absolute atomic E-state index is 13.1. The molecule has 1 aliphatic rings. The van der Waals surface area contributed by atoms with E-state index in [9.17, 15) is 18.0 Å². The fourth-order valence-corrected chi connectivity index (χ4v) is 3.75. The molecule has 4 rings (SSSR count). The molecule has 3 aromatic heterocycles. The molecule has 4 heterocycles. The van der Waals surface area contributed by atoms with Crippen LogP contribution in [0.15, 0.2) is 28.1 Å². The standard InChI is InChI=1S/C18H19BrN6O.C2HF3O2/c1-3-4-5-8-24-16-13(10-14(19)21-16)17(26)25-15(22-23-18(24)25)12-6-7-20-11(2)9-12;3-2(4,5)1(6)7/h6-7,9H,3-5,8,10H2,1-2H3;(H,6,7). The van der Waals surface area contributed by atoms with Crippen molar-refractivity contribution in [1.29, 1.82) is 0 Å². The first kappa shape index (κ1) is 24.6. The lowest BCUT2D eigenvalue weighted by atomic mass is 10.2. The van der Waals surface area contributed by atoms with Crippen LogP contribution in [0.5, 0.6) is 0 Å². The van der Waals surface area contributed by atoms with Crippen molar-refractivity contribution in [2.45, 2.75) is 52.3 Å². The second kappa shape index (κ2) is 9.81. The lowest BCUT2D eigenvalue weighted by Crippen LogP contribution is -2.23. The minimum atomic E-state index is -5.08. The van der Waals surface area contributed by atoms with Crippen molar-refractivity contribution in [1.82, 2.24) is 24.1 Å². The normalized spacial score (nSPS) is 12.8. The summed E-state index contributed by atoms with van der Waals surface area (Å²) in [7, 11) is 0. The van der Waals surface area contributed by atoms with E-state index in [2.05, 4.69) is 43.0 Å². The third kappa shape index (κ3) is 5.29. The molecule has 13 heteroatoms. The van der Waals surface area contributed by atoms with Gasteiger partial charge in [0.2, 0.25) is 5.78 Å². The first-order chi connectivity index (χ1) is 15.5. The Bertz CT molecular complexity index is 1280. The van der Waals surface area contributed by atoms with Crippen LogP contribution in [0.2, 0.25) is 0 Å². The van der Waals surface area contributed by atoms with Crippen molar-refractivity contribution in [2.24, 2.45) is 4.99 Å². The molecule has 0 fully saturated rings. The Kier molecular flexibility index (Phi) is 7.30. The van der Waals surface area contributed by atoms with E-state index in [1.165, 1.54) is 0 Å². The molecular weight excluding hydrogens is 509 g/mol. The number of aromatic nitrogens is 5. The first-order valence-corrected chi connectivity index (χ1v) is 10.8. The predicted molar refractivity (Wildman–Crippen MR) is 118 cm³/mol. The highest BCUT2D eigenvalue weighted by atomic mass is 79.9. The molecule has 1 N–H and O–H groups in total. The van der Waals surface area contributed by atoms with E-state index in [0.717, 1.165) is 41.7 Å². The Labute approximate surface area is 194 Å². The molecule has 0 saturated heterocycles. The number of carbonyl (C=O) groups is 1. The van der Waals surface area contributed by atoms with Gasteiger partial charge in [0.05, 0.1) is 10.2 Å². The number of alkyl halides is 3. The van der Waals surface area contributed by atoms with E-state index < -0.39 is 12.1 Å². The van der Waals surface area contributed by atoms with Gasteiger partial charge in [0.25, 0.3) is 5.56 Å². The number of carboxylic acid groups (broad SMARTS) is 1. The average Bonchev–Trinajstić information content (AvgIpc) is 3.34. The number of halogens is 4. The molecule has 0 radical (unpaired) electrons. The molecule has 0 aromatic carbocycles. The largest absolute Gasteiger partial charge is 0.490 e. The van der Waals surface area contributed by atoms with E-state index in [-0.39, 0.29) is 5.56 Å². The highest BCUT2D eigenvalue weighted by Crippen LogP contribution is 2.29. The molecule has 176 valence electrons. The van der Waals surface area contributed by atoms with Gasteiger partial charge < -0.3 is 5.11 Å². The van der Waals surface area contributed by atoms with Crippen LogP contribution in [0.3, 0.4) is 0 Å². The number of rotatable bonds is 5. The smallest absolute Gasteiger partial charge is 0.475 e. The van der Waals surface area contributed by atoms with Gasteiger partial charge in [0.15, 0.2) is 5.82 Å². The molecule has 33 heavy (non-hydrogen) atoms. The molecule has 0 spiro atoms. The highest BCUT2D eigenvalue weighted by Gasteiger charge is 2.38. The Balaban J connectivity index is 0.000000383. The minimum absolute atomic E-state index is 0.102. The minimum Gasteiger partial charge on any atom is -0.475 e. The number of fused-ring (bicyclic) bond motifs is 2. The summed E-state index contributed by atoms with van der Waals surface area (Å²) in [6.07, 6.45) is 0.386. The summed E-state index contributed by atoms with van der Waals surface area (Å²) in [5.74, 6) is -0.964. The molecule has 0 bridgehead atoms. The molecule has 0 aliphatic carbocycles. The molecule has 0 amide bonds. The van der Waals surface area contributed by atoms with Crippen LogP contribution < -0.4 is 5.56 Å². The molecule has 0 unspecified atom stereocenters. The second-order valence-electron chi connectivity index (χ2n) is 7.28. The van der Waals surface area contributed by atoms with Crippen LogP contribution in [-0.4, -0.2) is 46.0 Å². The van der Waals surface area contributed by atoms with Gasteiger partial charge in [0.1, 0.15) is 5.82 Å². The van der Waals surface area contributed by atoms with Gasteiger partial charge >= 0.3 is 12.1 Å². The van der Waals surface area contributed by atoms with Crippen LogP contribution in [0.25, 0.3) is 17.2 Å². The van der Waals surface area contributed by atoms with Crippen LogP contribution in [0, 0.1) is 6.92 Å². The molecule has 0 atom stereocenters. The van der Waals surface area contributed by atoms with Crippen LogP contribution in [0.1, 0.15) is 37.4 Å². The third-order valence-corrected chi connectivity index (χ3v) is 5.26. The third-order valence-electron chi connectivity index (χ3n) is 4.81. The Morgan fingerprint density at radius 3 is 2.58 bits per heavy atom. The van der Waals surface area contributed by atoms with Crippen molar-refractivity contribution in [3.63, 3.8) is 0 Å². The summed E-state index contributed by atoms with van der Waals surface area (Å²) in [5, 5.41) is 15.8. The number of aryl methyl sites for hydroxylation is 2. The summed E-state index contributed by atoms with van der Waals surface area (Å²) in [6, 6.07) is 3.76. The van der Waals surface area contributed by atoms with Crippen LogP contribution in [0.4, 0.5) is 19.0 Å². The van der Waals surface area contributed by atoms with Gasteiger partial charge in [-0.05, 0) is 41.4 Å². The molecule has 0 saturated carbocycles. The van der Waals surface area contributed by atoms with Crippen molar-refractivity contribution >= 4 is 38.1 Å². The highest BCUT2D eigenvalue weighted by molar-refractivity contribution is 9.18. The summed E-state index contributed by atoms with van der Waals surface area (Å²) < 4.78 is 36.1. The van der Waals surface area contributed by atoms with Gasteiger partial charge in [0, 0.05) is 30.4 Å². The lowest BCUT2D eigenvalue weighted by molar-refractivity contribution is -0.192. The number of nitrogens with zero attached hydrogens (tertiary/aromatic N) is 6. The van der Waals surface area contributed by atoms with Crippen molar-refractivity contribution in [3.05, 3.63) is 39.9 Å². The lowest BCUT2D eigenvalue weighted by Gasteiger charge is -2.12. The van der Waals surface area contributed by atoms with E-state index >= 15 is 0 Å². The molecule has 9 nitrogen and oxygen atoms in total. The van der Waals surface area contributed by atoms with E-state index in [4.69, 9.17) is 9.90 Å². The molecule has 3 aromatic rings. The number of carboxylic acids is 1. The van der Waals surface area contributed by atoms with E-state index in [0.29, 0.717) is 29.4 Å². The number of hydrogen-bond donors (Lipinski definition) is 1. The second-order valence-corrected chi connectivity index (χ2v) is 8.19. The van der Waals surface area contributed by atoms with Crippen molar-refractivity contribution in [3.8, 4) is 11.4 Å². The zero-order valence-corrected chi connectivity index (χ0v) is 19.3. The Morgan fingerprint density at radius 1 is 1.27 bits per heavy atom. The quantitative estimate of drug-likeness (QED) is 0.499. The fraction of sp³-hybridized carbons (Fsp3) is 0.400. The number of unbranched alkanes of at least 4 members (excludes halogenated alkanes) is 2. The maximum Gasteiger partial charge on any atom is 0.490 e. The Morgan fingerprint density at radius 2 is 1.97 bits per heavy atom. The van der Waals surface area contributed by atoms with Gasteiger partial charge in [-0.1, -0.05) is 19.8 Å². The van der Waals surface area contributed by atoms with Crippen molar-refractivity contribution in [2.75, 3.05) is 0 Å². The van der Waals surface area contributed by atoms with Crippen molar-refractivity contribution < 1.29 is 23.1 Å². The SMILES string of the molecule is CCCCCn1c2c(c(=O)n3c(-c4ccnc(C)c4)nnc13)CC(Br)=N2.O=C(O)C(F)(F)F. The zero-order chi connectivity index (χ0) is 24.3. The Hall–Kier alpha value is -3.09. The van der Waals surface area contributed by atoms with Gasteiger partial charge in [-0.2, -0.15) is 13.2 Å². The predicted octanol–water partition coefficient (Wildman–Crippen LogP) is 4.07. The summed E-state index contributed by atoms with van der Waals surface area (Å²) in [6.45, 7) is 4.84. The maximum atomic E-state index is 13.1. The molecular formula is C20H20BrF3N6O3. The monoisotopic (exact) mass is 528 g/mol. The summed E-state index contributed by atoms with van der Waals surface area (Å²) >= 11 is 3.45. The topological polar surface area (TPSA) is 115 Å². The zero-order valence-electron chi connectivity index (χ0n) is 17.7. The number of aliphatic imine (C=N–C) groups is 1. The summed E-state index contributed by atoms with van der Waals surface area (Å²) in [5.41, 5.74) is 2.29. The number of pyridine rings is 1. The van der Waals surface area contributed by atoms with Gasteiger partial charge in [-0.3, -0.25) is 14.3 Å². The van der Waals surface area contributed by atoms with E-state index in [1.54, 1.807) is 10.6 Å². The van der Waals surface area contributed by atoms with Crippen LogP contribution >= 0.6 is 15.9 Å². The molecule has 1 aliphatic heterocycles. The number of aliphatic carboxylic acids is 1. The summed E-state index contributed by atoms with van der Waals surface area (Å²) in [4.78, 5) is 30.8. The average molecular weight is 529 g/mol. The van der Waals surface area contributed by atoms with Gasteiger partial charge in [-0.15, -0.1) is 10.2 Å². The fourth-order valence-electron chi connectivity index (χ4n) is 3.31.